The standard InChI is InChI=1S/C24H25F3N2O5/c1-13-9-18(28(20(13)30)12-24(25,26)27)33-11-17-16-10-14-7-5-6-8-15(14)19(16)29(21(17)31)22(32)34-23(2,3)4/h5-9,11,16,18-19H,10,12H2,1-4H3. The number of carbonyl (C=O) groups excluding carboxylic acids is 3. The molecule has 4 rings (SSSR count). The summed E-state index contributed by atoms with van der Waals surface area (Å²) >= 11 is 0. The van der Waals surface area contributed by atoms with Gasteiger partial charge in [0.1, 0.15) is 12.1 Å². The highest BCUT2D eigenvalue weighted by Crippen LogP contribution is 2.50. The number of nitrogens with zero attached hydrogens (tertiary/aromatic N) is 2. The molecule has 7 nitrogen and oxygen atoms in total. The van der Waals surface area contributed by atoms with E-state index in [-0.39, 0.29) is 11.1 Å². The molecule has 0 spiro atoms. The maximum Gasteiger partial charge on any atom is 0.417 e. The quantitative estimate of drug-likeness (QED) is 0.480. The number of rotatable bonds is 3. The zero-order valence-electron chi connectivity index (χ0n) is 19.2. The monoisotopic (exact) mass is 478 g/mol. The lowest BCUT2D eigenvalue weighted by Crippen LogP contribution is -2.42. The van der Waals surface area contributed by atoms with Crippen LogP contribution in [0, 0.1) is 5.92 Å². The van der Waals surface area contributed by atoms with Crippen LogP contribution in [0.1, 0.15) is 44.9 Å². The summed E-state index contributed by atoms with van der Waals surface area (Å²) in [5.74, 6) is -1.87. The second-order valence-corrected chi connectivity index (χ2v) is 9.61. The Labute approximate surface area is 194 Å². The van der Waals surface area contributed by atoms with E-state index in [1.165, 1.54) is 13.0 Å². The molecule has 2 heterocycles. The van der Waals surface area contributed by atoms with Crippen molar-refractivity contribution in [2.75, 3.05) is 6.54 Å². The van der Waals surface area contributed by atoms with E-state index in [1.807, 2.05) is 24.3 Å². The Balaban J connectivity index is 1.65. The molecule has 1 aromatic carbocycles. The second kappa shape index (κ2) is 8.18. The molecule has 2 aliphatic heterocycles. The lowest BCUT2D eigenvalue weighted by atomic mass is 9.97. The fourth-order valence-corrected chi connectivity index (χ4v) is 4.57. The van der Waals surface area contributed by atoms with Crippen LogP contribution in [0.3, 0.4) is 0 Å². The molecule has 0 aromatic heterocycles. The molecule has 1 aromatic rings. The number of halogens is 3. The lowest BCUT2D eigenvalue weighted by molar-refractivity contribution is -0.169. The van der Waals surface area contributed by atoms with Crippen molar-refractivity contribution in [2.24, 2.45) is 5.92 Å². The molecular weight excluding hydrogens is 453 g/mol. The number of benzene rings is 1. The van der Waals surface area contributed by atoms with Crippen LogP contribution in [-0.2, 0) is 25.5 Å². The summed E-state index contributed by atoms with van der Waals surface area (Å²) in [7, 11) is 0. The highest BCUT2D eigenvalue weighted by molar-refractivity contribution is 6.06. The Kier molecular flexibility index (Phi) is 5.73. The van der Waals surface area contributed by atoms with Crippen molar-refractivity contribution in [2.45, 2.75) is 58.2 Å². The summed E-state index contributed by atoms with van der Waals surface area (Å²) < 4.78 is 50.0. The summed E-state index contributed by atoms with van der Waals surface area (Å²) in [5, 5.41) is 0. The SMILES string of the molecule is CC1=CC(OC=C2C(=O)N(C(=O)OC(C)(C)C)C3c4ccccc4CC23)N(CC(F)(F)F)C1=O. The topological polar surface area (TPSA) is 76.2 Å². The summed E-state index contributed by atoms with van der Waals surface area (Å²) in [6.07, 6.45) is -3.92. The van der Waals surface area contributed by atoms with Gasteiger partial charge in [-0.25, -0.2) is 9.69 Å². The van der Waals surface area contributed by atoms with E-state index in [1.54, 1.807) is 20.8 Å². The van der Waals surface area contributed by atoms with Crippen LogP contribution in [0.5, 0.6) is 0 Å². The minimum atomic E-state index is -4.61. The van der Waals surface area contributed by atoms with E-state index in [2.05, 4.69) is 0 Å². The molecule has 3 unspecified atom stereocenters. The third kappa shape index (κ3) is 4.41. The maximum absolute atomic E-state index is 13.3. The number of amides is 3. The van der Waals surface area contributed by atoms with Gasteiger partial charge in [-0.3, -0.25) is 14.5 Å². The van der Waals surface area contributed by atoms with Gasteiger partial charge in [0, 0.05) is 11.5 Å². The van der Waals surface area contributed by atoms with Crippen LogP contribution in [0.25, 0.3) is 0 Å². The Morgan fingerprint density at radius 2 is 1.82 bits per heavy atom. The van der Waals surface area contributed by atoms with E-state index in [4.69, 9.17) is 9.47 Å². The van der Waals surface area contributed by atoms with Crippen LogP contribution >= 0.6 is 0 Å². The van der Waals surface area contributed by atoms with Gasteiger partial charge in [0.25, 0.3) is 11.8 Å². The van der Waals surface area contributed by atoms with Crippen molar-refractivity contribution >= 4 is 17.9 Å². The molecule has 1 fully saturated rings. The third-order valence-electron chi connectivity index (χ3n) is 5.91. The highest BCUT2D eigenvalue weighted by atomic mass is 19.4. The number of fused-ring (bicyclic) bond motifs is 3. The molecule has 3 amide bonds. The first-order chi connectivity index (χ1) is 15.8. The molecule has 0 bridgehead atoms. The van der Waals surface area contributed by atoms with Gasteiger partial charge in [0.15, 0.2) is 6.23 Å². The maximum atomic E-state index is 13.3. The smallest absolute Gasteiger partial charge is 0.417 e. The van der Waals surface area contributed by atoms with Gasteiger partial charge in [-0.2, -0.15) is 13.2 Å². The number of carbonyl (C=O) groups is 3. The van der Waals surface area contributed by atoms with E-state index in [9.17, 15) is 27.6 Å². The van der Waals surface area contributed by atoms with Crippen LogP contribution in [-0.4, -0.2) is 52.3 Å². The molecular formula is C24H25F3N2O5. The predicted octanol–water partition coefficient (Wildman–Crippen LogP) is 4.25. The molecule has 1 aliphatic carbocycles. The minimum absolute atomic E-state index is 0.118. The highest BCUT2D eigenvalue weighted by Gasteiger charge is 2.53. The fourth-order valence-electron chi connectivity index (χ4n) is 4.57. The van der Waals surface area contributed by atoms with Gasteiger partial charge < -0.3 is 9.47 Å². The van der Waals surface area contributed by atoms with Crippen LogP contribution in [0.15, 0.2) is 47.7 Å². The number of hydrogen-bond donors (Lipinski definition) is 0. The number of ether oxygens (including phenoxy) is 2. The van der Waals surface area contributed by atoms with Crippen molar-refractivity contribution in [1.82, 2.24) is 9.80 Å². The molecule has 0 N–H and O–H groups in total. The number of imide groups is 1. The van der Waals surface area contributed by atoms with Crippen molar-refractivity contribution in [3.63, 3.8) is 0 Å². The van der Waals surface area contributed by atoms with Gasteiger partial charge in [-0.15, -0.1) is 0 Å². The summed E-state index contributed by atoms with van der Waals surface area (Å²) in [4.78, 5) is 40.0. The van der Waals surface area contributed by atoms with E-state index in [0.717, 1.165) is 22.3 Å². The normalized spacial score (nSPS) is 25.6. The lowest BCUT2D eigenvalue weighted by Gasteiger charge is -2.27. The third-order valence-corrected chi connectivity index (χ3v) is 5.91. The van der Waals surface area contributed by atoms with Crippen LogP contribution in [0.4, 0.5) is 18.0 Å². The first kappa shape index (κ1) is 23.8. The van der Waals surface area contributed by atoms with E-state index >= 15 is 0 Å². The summed E-state index contributed by atoms with van der Waals surface area (Å²) in [5.41, 5.74) is 1.19. The van der Waals surface area contributed by atoms with E-state index in [0.29, 0.717) is 11.3 Å². The summed E-state index contributed by atoms with van der Waals surface area (Å²) in [6.45, 7) is 4.98. The molecule has 182 valence electrons. The molecule has 3 aliphatic rings. The van der Waals surface area contributed by atoms with Gasteiger partial charge in [-0.05, 0) is 51.3 Å². The second-order valence-electron chi connectivity index (χ2n) is 9.61. The largest absolute Gasteiger partial charge is 0.474 e. The number of likely N-dealkylation sites (tertiary alicyclic amines) is 1. The van der Waals surface area contributed by atoms with Crippen molar-refractivity contribution in [3.8, 4) is 0 Å². The van der Waals surface area contributed by atoms with Gasteiger partial charge >= 0.3 is 12.3 Å². The fraction of sp³-hybridized carbons (Fsp3) is 0.458. The average molecular weight is 478 g/mol. The first-order valence-electron chi connectivity index (χ1n) is 10.8. The Bertz CT molecular complexity index is 1100. The Morgan fingerprint density at radius 3 is 2.47 bits per heavy atom. The zero-order chi connectivity index (χ0) is 25.0. The Morgan fingerprint density at radius 1 is 1.15 bits per heavy atom. The molecule has 1 saturated heterocycles. The van der Waals surface area contributed by atoms with Crippen molar-refractivity contribution in [3.05, 3.63) is 58.9 Å². The van der Waals surface area contributed by atoms with Crippen molar-refractivity contribution in [1.29, 1.82) is 0 Å². The van der Waals surface area contributed by atoms with E-state index < -0.39 is 54.4 Å². The Hall–Kier alpha value is -3.30. The average Bonchev–Trinajstić information content (AvgIpc) is 3.28. The molecule has 34 heavy (non-hydrogen) atoms. The molecule has 0 radical (unpaired) electrons. The molecule has 10 heteroatoms. The van der Waals surface area contributed by atoms with Crippen molar-refractivity contribution < 1.29 is 37.0 Å². The molecule has 0 saturated carbocycles. The van der Waals surface area contributed by atoms with Crippen LogP contribution in [0.2, 0.25) is 0 Å². The van der Waals surface area contributed by atoms with Crippen LogP contribution < -0.4 is 0 Å². The van der Waals surface area contributed by atoms with Gasteiger partial charge in [0.2, 0.25) is 0 Å². The number of hydrogen-bond acceptors (Lipinski definition) is 5. The zero-order valence-corrected chi connectivity index (χ0v) is 19.2. The minimum Gasteiger partial charge on any atom is -0.474 e. The van der Waals surface area contributed by atoms with Gasteiger partial charge in [-0.1, -0.05) is 24.3 Å². The predicted molar refractivity (Wildman–Crippen MR) is 114 cm³/mol. The molecule has 3 atom stereocenters. The first-order valence-corrected chi connectivity index (χ1v) is 10.8. The van der Waals surface area contributed by atoms with Gasteiger partial charge in [0.05, 0.1) is 17.9 Å². The summed E-state index contributed by atoms with van der Waals surface area (Å²) in [6, 6.07) is 6.79. The number of alkyl halides is 3.